The van der Waals surface area contributed by atoms with Crippen molar-refractivity contribution in [2.75, 3.05) is 18.9 Å². The average molecular weight is 289 g/mol. The third-order valence-electron chi connectivity index (χ3n) is 2.85. The summed E-state index contributed by atoms with van der Waals surface area (Å²) in [6, 6.07) is 3.70. The number of anilines is 1. The number of aryl methyl sites for hydroxylation is 1. The maximum Gasteiger partial charge on any atom is 0.241 e. The minimum atomic E-state index is 0.0118. The standard InChI is InChI=1S/C13H18Cl2N2O/c1-8(2)17(4)13(18)7-16-12-6-10(14)9(3)5-11(12)15/h5-6,8,16H,7H2,1-4H3. The molecule has 1 aromatic carbocycles. The van der Waals surface area contributed by atoms with Gasteiger partial charge in [-0.3, -0.25) is 4.79 Å². The summed E-state index contributed by atoms with van der Waals surface area (Å²) < 4.78 is 0. The normalized spacial score (nSPS) is 10.6. The highest BCUT2D eigenvalue weighted by molar-refractivity contribution is 6.35. The predicted octanol–water partition coefficient (Wildman–Crippen LogP) is 3.58. The molecular weight excluding hydrogens is 271 g/mol. The van der Waals surface area contributed by atoms with E-state index in [1.54, 1.807) is 24.1 Å². The summed E-state index contributed by atoms with van der Waals surface area (Å²) in [6.07, 6.45) is 0. The number of hydrogen-bond acceptors (Lipinski definition) is 2. The van der Waals surface area contributed by atoms with E-state index in [0.29, 0.717) is 15.7 Å². The molecule has 0 unspecified atom stereocenters. The van der Waals surface area contributed by atoms with Crippen molar-refractivity contribution < 1.29 is 4.79 Å². The molecule has 3 nitrogen and oxygen atoms in total. The van der Waals surface area contributed by atoms with Crippen LogP contribution in [0.5, 0.6) is 0 Å². The Morgan fingerprint density at radius 3 is 2.50 bits per heavy atom. The lowest BCUT2D eigenvalue weighted by Crippen LogP contribution is -2.37. The highest BCUT2D eigenvalue weighted by Crippen LogP contribution is 2.28. The van der Waals surface area contributed by atoms with E-state index in [1.807, 2.05) is 20.8 Å². The van der Waals surface area contributed by atoms with Crippen LogP contribution in [-0.2, 0) is 4.79 Å². The van der Waals surface area contributed by atoms with Crippen LogP contribution >= 0.6 is 23.2 Å². The molecule has 1 N–H and O–H groups in total. The van der Waals surface area contributed by atoms with Crippen LogP contribution in [0.25, 0.3) is 0 Å². The van der Waals surface area contributed by atoms with Gasteiger partial charge >= 0.3 is 0 Å². The summed E-state index contributed by atoms with van der Waals surface area (Å²) in [5.74, 6) is 0.0118. The zero-order valence-electron chi connectivity index (χ0n) is 11.1. The number of nitrogens with one attached hydrogen (secondary N) is 1. The molecule has 1 amide bonds. The summed E-state index contributed by atoms with van der Waals surface area (Å²) in [5, 5.41) is 4.21. The van der Waals surface area contributed by atoms with Crippen molar-refractivity contribution >= 4 is 34.8 Å². The number of rotatable bonds is 4. The van der Waals surface area contributed by atoms with Gasteiger partial charge in [-0.05, 0) is 38.5 Å². The maximum atomic E-state index is 11.8. The molecule has 0 heterocycles. The molecule has 0 aliphatic carbocycles. The van der Waals surface area contributed by atoms with E-state index >= 15 is 0 Å². The van der Waals surface area contributed by atoms with Crippen LogP contribution in [0.1, 0.15) is 19.4 Å². The maximum absolute atomic E-state index is 11.8. The van der Waals surface area contributed by atoms with E-state index in [1.165, 1.54) is 0 Å². The number of halogens is 2. The molecule has 0 aliphatic rings. The van der Waals surface area contributed by atoms with Gasteiger partial charge in [0.2, 0.25) is 5.91 Å². The van der Waals surface area contributed by atoms with Crippen molar-refractivity contribution in [3.63, 3.8) is 0 Å². The van der Waals surface area contributed by atoms with Crippen molar-refractivity contribution in [1.29, 1.82) is 0 Å². The second-order valence-electron chi connectivity index (χ2n) is 4.53. The molecule has 0 bridgehead atoms. The van der Waals surface area contributed by atoms with E-state index in [-0.39, 0.29) is 18.5 Å². The molecule has 0 aromatic heterocycles. The lowest BCUT2D eigenvalue weighted by atomic mass is 10.2. The molecule has 0 spiro atoms. The quantitative estimate of drug-likeness (QED) is 0.918. The summed E-state index contributed by atoms with van der Waals surface area (Å²) in [7, 11) is 1.78. The first-order valence-corrected chi connectivity index (χ1v) is 6.53. The molecule has 0 aliphatic heterocycles. The molecule has 5 heteroatoms. The number of likely N-dealkylation sites (N-methyl/N-ethyl adjacent to an activating group) is 1. The minimum Gasteiger partial charge on any atom is -0.375 e. The summed E-state index contributed by atoms with van der Waals surface area (Å²) >= 11 is 12.1. The molecule has 1 aromatic rings. The second kappa shape index (κ2) is 6.30. The van der Waals surface area contributed by atoms with E-state index in [4.69, 9.17) is 23.2 Å². The Kier molecular flexibility index (Phi) is 5.29. The molecule has 0 atom stereocenters. The van der Waals surface area contributed by atoms with Crippen LogP contribution in [0, 0.1) is 6.92 Å². The molecule has 18 heavy (non-hydrogen) atoms. The number of hydrogen-bond donors (Lipinski definition) is 1. The first-order valence-electron chi connectivity index (χ1n) is 5.78. The fraction of sp³-hybridized carbons (Fsp3) is 0.462. The molecule has 1 rings (SSSR count). The number of carbonyl (C=O) groups is 1. The Labute approximate surface area is 118 Å². The largest absolute Gasteiger partial charge is 0.375 e. The van der Waals surface area contributed by atoms with Crippen LogP contribution in [0.2, 0.25) is 10.0 Å². The Bertz CT molecular complexity index is 447. The van der Waals surface area contributed by atoms with Crippen LogP contribution in [-0.4, -0.2) is 30.4 Å². The average Bonchev–Trinajstić information content (AvgIpc) is 2.30. The van der Waals surface area contributed by atoms with E-state index < -0.39 is 0 Å². The smallest absolute Gasteiger partial charge is 0.241 e. The van der Waals surface area contributed by atoms with Gasteiger partial charge in [0.1, 0.15) is 0 Å². The van der Waals surface area contributed by atoms with E-state index in [9.17, 15) is 4.79 Å². The molecular formula is C13H18Cl2N2O. The van der Waals surface area contributed by atoms with Crippen molar-refractivity contribution in [1.82, 2.24) is 4.90 Å². The number of nitrogens with zero attached hydrogens (tertiary/aromatic N) is 1. The topological polar surface area (TPSA) is 32.3 Å². The van der Waals surface area contributed by atoms with Gasteiger partial charge in [0, 0.05) is 18.1 Å². The number of carbonyl (C=O) groups excluding carboxylic acids is 1. The highest BCUT2D eigenvalue weighted by atomic mass is 35.5. The lowest BCUT2D eigenvalue weighted by Gasteiger charge is -2.22. The number of amides is 1. The van der Waals surface area contributed by atoms with Crippen molar-refractivity contribution in [3.05, 3.63) is 27.7 Å². The Morgan fingerprint density at radius 1 is 1.33 bits per heavy atom. The third-order valence-corrected chi connectivity index (χ3v) is 3.57. The fourth-order valence-electron chi connectivity index (χ4n) is 1.37. The van der Waals surface area contributed by atoms with Crippen LogP contribution < -0.4 is 5.32 Å². The van der Waals surface area contributed by atoms with Gasteiger partial charge in [-0.2, -0.15) is 0 Å². The SMILES string of the molecule is Cc1cc(Cl)c(NCC(=O)N(C)C(C)C)cc1Cl. The second-order valence-corrected chi connectivity index (χ2v) is 5.35. The first-order chi connectivity index (χ1) is 8.32. The van der Waals surface area contributed by atoms with Crippen LogP contribution in [0.3, 0.4) is 0 Å². The molecule has 0 saturated carbocycles. The third kappa shape index (κ3) is 3.79. The highest BCUT2D eigenvalue weighted by Gasteiger charge is 2.12. The van der Waals surface area contributed by atoms with Gasteiger partial charge in [0.15, 0.2) is 0 Å². The van der Waals surface area contributed by atoms with Gasteiger partial charge in [-0.15, -0.1) is 0 Å². The molecule has 100 valence electrons. The lowest BCUT2D eigenvalue weighted by molar-refractivity contribution is -0.129. The van der Waals surface area contributed by atoms with E-state index in [0.717, 1.165) is 5.56 Å². The van der Waals surface area contributed by atoms with Gasteiger partial charge in [-0.25, -0.2) is 0 Å². The van der Waals surface area contributed by atoms with Gasteiger partial charge in [0.25, 0.3) is 0 Å². The molecule has 0 fully saturated rings. The number of benzene rings is 1. The Hall–Kier alpha value is -0.930. The van der Waals surface area contributed by atoms with Crippen molar-refractivity contribution in [2.24, 2.45) is 0 Å². The Morgan fingerprint density at radius 2 is 1.94 bits per heavy atom. The summed E-state index contributed by atoms with van der Waals surface area (Å²) in [4.78, 5) is 13.5. The zero-order chi connectivity index (χ0) is 13.9. The van der Waals surface area contributed by atoms with Gasteiger partial charge in [-0.1, -0.05) is 23.2 Å². The Balaban J connectivity index is 2.70. The summed E-state index contributed by atoms with van der Waals surface area (Å²) in [6.45, 7) is 6.02. The van der Waals surface area contributed by atoms with E-state index in [2.05, 4.69) is 5.32 Å². The predicted molar refractivity (Wildman–Crippen MR) is 77.6 cm³/mol. The van der Waals surface area contributed by atoms with Crippen molar-refractivity contribution in [2.45, 2.75) is 26.8 Å². The minimum absolute atomic E-state index is 0.0118. The molecule has 0 saturated heterocycles. The zero-order valence-corrected chi connectivity index (χ0v) is 12.6. The van der Waals surface area contributed by atoms with Crippen LogP contribution in [0.4, 0.5) is 5.69 Å². The van der Waals surface area contributed by atoms with Gasteiger partial charge in [0.05, 0.1) is 17.3 Å². The fourth-order valence-corrected chi connectivity index (χ4v) is 1.81. The van der Waals surface area contributed by atoms with Gasteiger partial charge < -0.3 is 10.2 Å². The van der Waals surface area contributed by atoms with Crippen molar-refractivity contribution in [3.8, 4) is 0 Å². The first kappa shape index (κ1) is 15.1. The van der Waals surface area contributed by atoms with Crippen LogP contribution in [0.15, 0.2) is 12.1 Å². The molecule has 0 radical (unpaired) electrons. The summed E-state index contributed by atoms with van der Waals surface area (Å²) in [5.41, 5.74) is 1.59. The monoisotopic (exact) mass is 288 g/mol.